The first-order chi connectivity index (χ1) is 14.7. The lowest BCUT2D eigenvalue weighted by atomic mass is 10.1. The second kappa shape index (κ2) is 9.01. The van der Waals surface area contributed by atoms with Crippen LogP contribution in [-0.4, -0.2) is 11.2 Å². The van der Waals surface area contributed by atoms with Gasteiger partial charge in [-0.3, -0.25) is 5.32 Å². The molecule has 0 atom stereocenters. The largest absolute Gasteiger partial charge is 0.489 e. The summed E-state index contributed by atoms with van der Waals surface area (Å²) in [5.74, 6) is 1.19. The Morgan fingerprint density at radius 2 is 1.37 bits per heavy atom. The number of anilines is 1. The summed E-state index contributed by atoms with van der Waals surface area (Å²) in [5, 5.41) is 13.4. The molecule has 5 heteroatoms. The van der Waals surface area contributed by atoms with Crippen molar-refractivity contribution in [3.63, 3.8) is 0 Å². The Morgan fingerprint density at radius 1 is 0.733 bits per heavy atom. The molecule has 0 unspecified atom stereocenters. The van der Waals surface area contributed by atoms with E-state index < -0.39 is 6.09 Å². The lowest BCUT2D eigenvalue weighted by Gasteiger charge is -2.14. The predicted octanol–water partition coefficient (Wildman–Crippen LogP) is 6.09. The Bertz CT molecular complexity index is 1140. The van der Waals surface area contributed by atoms with Gasteiger partial charge in [0.05, 0.1) is 5.69 Å². The number of hydrogen-bond acceptors (Lipinski definition) is 3. The van der Waals surface area contributed by atoms with Gasteiger partial charge in [-0.1, -0.05) is 66.7 Å². The van der Waals surface area contributed by atoms with Gasteiger partial charge < -0.3 is 14.6 Å². The van der Waals surface area contributed by atoms with Crippen molar-refractivity contribution in [1.29, 1.82) is 0 Å². The number of rotatable bonds is 7. The van der Waals surface area contributed by atoms with E-state index in [1.165, 1.54) is 0 Å². The van der Waals surface area contributed by atoms with Gasteiger partial charge in [0.25, 0.3) is 0 Å². The summed E-state index contributed by atoms with van der Waals surface area (Å²) in [6.45, 7) is 0.809. The van der Waals surface area contributed by atoms with Crippen LogP contribution < -0.4 is 14.8 Å². The van der Waals surface area contributed by atoms with E-state index >= 15 is 0 Å². The lowest BCUT2D eigenvalue weighted by molar-refractivity contribution is 0.209. The van der Waals surface area contributed by atoms with E-state index in [1.54, 1.807) is 6.07 Å². The Hall–Kier alpha value is -3.99. The van der Waals surface area contributed by atoms with Gasteiger partial charge in [0.15, 0.2) is 0 Å². The number of carboxylic acid groups (broad SMARTS) is 1. The van der Waals surface area contributed by atoms with Crippen LogP contribution in [-0.2, 0) is 13.2 Å². The number of carbonyl (C=O) groups is 1. The maximum absolute atomic E-state index is 11.3. The molecular weight excluding hydrogens is 378 g/mol. The molecule has 0 aliphatic carbocycles. The van der Waals surface area contributed by atoms with Gasteiger partial charge in [0.2, 0.25) is 0 Å². The molecule has 0 bridgehead atoms. The highest BCUT2D eigenvalue weighted by molar-refractivity contribution is 5.94. The smallest absolute Gasteiger partial charge is 0.409 e. The van der Waals surface area contributed by atoms with Gasteiger partial charge in [0.1, 0.15) is 24.7 Å². The van der Waals surface area contributed by atoms with E-state index in [0.717, 1.165) is 21.9 Å². The minimum atomic E-state index is -1.14. The normalized spacial score (nSPS) is 10.5. The van der Waals surface area contributed by atoms with Gasteiger partial charge in [-0.25, -0.2) is 4.79 Å². The molecule has 4 rings (SSSR count). The molecule has 0 aliphatic heterocycles. The average molecular weight is 399 g/mol. The van der Waals surface area contributed by atoms with E-state index in [-0.39, 0.29) is 0 Å². The van der Waals surface area contributed by atoms with Crippen LogP contribution in [0.4, 0.5) is 10.5 Å². The minimum Gasteiger partial charge on any atom is -0.489 e. The summed E-state index contributed by atoms with van der Waals surface area (Å²) in [4.78, 5) is 11.3. The third-order valence-corrected chi connectivity index (χ3v) is 4.64. The zero-order valence-electron chi connectivity index (χ0n) is 16.2. The van der Waals surface area contributed by atoms with Gasteiger partial charge in [-0.05, 0) is 46.2 Å². The molecule has 2 N–H and O–H groups in total. The molecule has 150 valence electrons. The topological polar surface area (TPSA) is 67.8 Å². The summed E-state index contributed by atoms with van der Waals surface area (Å²) in [6, 6.07) is 29.0. The maximum Gasteiger partial charge on any atom is 0.409 e. The molecular formula is C25H21NO4. The minimum absolute atomic E-state index is 0.346. The van der Waals surface area contributed by atoms with Crippen molar-refractivity contribution < 1.29 is 19.4 Å². The molecule has 0 aromatic heterocycles. The highest BCUT2D eigenvalue weighted by Gasteiger charge is 2.10. The van der Waals surface area contributed by atoms with Crippen LogP contribution >= 0.6 is 0 Å². The number of hydrogen-bond donors (Lipinski definition) is 2. The third-order valence-electron chi connectivity index (χ3n) is 4.64. The van der Waals surface area contributed by atoms with Crippen LogP contribution in [0.2, 0.25) is 0 Å². The van der Waals surface area contributed by atoms with Crippen molar-refractivity contribution in [2.75, 3.05) is 5.32 Å². The molecule has 0 fully saturated rings. The molecule has 0 saturated heterocycles. The van der Waals surface area contributed by atoms with Crippen molar-refractivity contribution in [2.24, 2.45) is 0 Å². The number of nitrogens with one attached hydrogen (secondary N) is 1. The van der Waals surface area contributed by atoms with Gasteiger partial charge in [-0.15, -0.1) is 0 Å². The van der Waals surface area contributed by atoms with Crippen LogP contribution in [0, 0.1) is 0 Å². The molecule has 0 saturated carbocycles. The van der Waals surface area contributed by atoms with E-state index in [0.29, 0.717) is 30.4 Å². The Morgan fingerprint density at radius 3 is 2.00 bits per heavy atom. The van der Waals surface area contributed by atoms with Gasteiger partial charge >= 0.3 is 6.09 Å². The number of fused-ring (bicyclic) bond motifs is 1. The number of amides is 1. The average Bonchev–Trinajstić information content (AvgIpc) is 2.77. The highest BCUT2D eigenvalue weighted by Crippen LogP contribution is 2.33. The number of ether oxygens (including phenoxy) is 2. The second-order valence-electron chi connectivity index (χ2n) is 6.84. The first-order valence-corrected chi connectivity index (χ1v) is 9.58. The number of benzene rings is 4. The molecule has 0 heterocycles. The standard InChI is InChI=1S/C25H21NO4/c27-25(28)26-23-14-21-13-22(29-16-18-7-3-1-4-8-18)12-11-20(21)15-24(23)30-17-19-9-5-2-6-10-19/h1-15,26H,16-17H2,(H,27,28). The van der Waals surface area contributed by atoms with Crippen LogP contribution in [0.25, 0.3) is 10.8 Å². The molecule has 5 nitrogen and oxygen atoms in total. The van der Waals surface area contributed by atoms with Gasteiger partial charge in [-0.2, -0.15) is 0 Å². The van der Waals surface area contributed by atoms with E-state index in [4.69, 9.17) is 9.47 Å². The highest BCUT2D eigenvalue weighted by atomic mass is 16.5. The van der Waals surface area contributed by atoms with Crippen molar-refractivity contribution in [3.05, 3.63) is 102 Å². The van der Waals surface area contributed by atoms with Gasteiger partial charge in [0, 0.05) is 0 Å². The lowest BCUT2D eigenvalue weighted by Crippen LogP contribution is -2.09. The summed E-state index contributed by atoms with van der Waals surface area (Å²) < 4.78 is 11.8. The SMILES string of the molecule is O=C(O)Nc1cc2cc(OCc3ccccc3)ccc2cc1OCc1ccccc1. The summed E-state index contributed by atoms with van der Waals surface area (Å²) in [7, 11) is 0. The zero-order valence-corrected chi connectivity index (χ0v) is 16.2. The Kier molecular flexibility index (Phi) is 5.80. The van der Waals surface area contributed by atoms with Crippen molar-refractivity contribution in [2.45, 2.75) is 13.2 Å². The molecule has 0 radical (unpaired) electrons. The fourth-order valence-corrected chi connectivity index (χ4v) is 3.15. The fraction of sp³-hybridized carbons (Fsp3) is 0.0800. The van der Waals surface area contributed by atoms with Crippen LogP contribution in [0.3, 0.4) is 0 Å². The van der Waals surface area contributed by atoms with Crippen molar-refractivity contribution in [1.82, 2.24) is 0 Å². The van der Waals surface area contributed by atoms with E-state index in [2.05, 4.69) is 5.32 Å². The molecule has 4 aromatic carbocycles. The van der Waals surface area contributed by atoms with Crippen LogP contribution in [0.1, 0.15) is 11.1 Å². The summed E-state index contributed by atoms with van der Waals surface area (Å²) >= 11 is 0. The van der Waals surface area contributed by atoms with Crippen LogP contribution in [0.15, 0.2) is 91.0 Å². The second-order valence-corrected chi connectivity index (χ2v) is 6.84. The third kappa shape index (κ3) is 4.89. The molecule has 0 aliphatic rings. The monoisotopic (exact) mass is 399 g/mol. The quantitative estimate of drug-likeness (QED) is 0.395. The first-order valence-electron chi connectivity index (χ1n) is 9.58. The summed E-state index contributed by atoms with van der Waals surface area (Å²) in [6.07, 6.45) is -1.14. The predicted molar refractivity (Wildman–Crippen MR) is 117 cm³/mol. The van der Waals surface area contributed by atoms with Crippen molar-refractivity contribution in [3.8, 4) is 11.5 Å². The van der Waals surface area contributed by atoms with E-state index in [9.17, 15) is 9.90 Å². The molecule has 0 spiro atoms. The zero-order chi connectivity index (χ0) is 20.8. The van der Waals surface area contributed by atoms with Crippen molar-refractivity contribution >= 4 is 22.6 Å². The molecule has 1 amide bonds. The molecule has 30 heavy (non-hydrogen) atoms. The fourth-order valence-electron chi connectivity index (χ4n) is 3.15. The molecule has 4 aromatic rings. The summed E-state index contributed by atoms with van der Waals surface area (Å²) in [5.41, 5.74) is 2.48. The van der Waals surface area contributed by atoms with Crippen LogP contribution in [0.5, 0.6) is 11.5 Å². The maximum atomic E-state index is 11.3. The Balaban J connectivity index is 1.57. The first kappa shape index (κ1) is 19.3. The Labute approximate surface area is 174 Å². The van der Waals surface area contributed by atoms with E-state index in [1.807, 2.05) is 84.9 Å².